The third-order valence-electron chi connectivity index (χ3n) is 9.10. The lowest BCUT2D eigenvalue weighted by Gasteiger charge is -2.49. The summed E-state index contributed by atoms with van der Waals surface area (Å²) in [5, 5.41) is -0.812. The molecule has 1 heterocycles. The molecule has 1 atom stereocenters. The Balaban J connectivity index is 2.64. The van der Waals surface area contributed by atoms with Crippen LogP contribution >= 0.6 is 7.94 Å². The molecule has 1 aliphatic heterocycles. The molecule has 41 heavy (non-hydrogen) atoms. The SMILES string of the molecule is CCCCC(CC)C(c1ccc(C(C)(C)C)cc1C(C)(C)C)(c1ccc(C(C)(C)C)cc1C(C)(C)C)[P+]1(O)OCO1. The fourth-order valence-corrected chi connectivity index (χ4v) is 9.05. The summed E-state index contributed by atoms with van der Waals surface area (Å²) in [5.41, 5.74) is 7.21. The Morgan fingerprint density at radius 2 is 1.07 bits per heavy atom. The van der Waals surface area contributed by atoms with Gasteiger partial charge in [-0.15, -0.1) is 9.05 Å². The van der Waals surface area contributed by atoms with Gasteiger partial charge in [0.15, 0.2) is 0 Å². The van der Waals surface area contributed by atoms with E-state index < -0.39 is 13.1 Å². The average Bonchev–Trinajstić information content (AvgIpc) is 2.82. The summed E-state index contributed by atoms with van der Waals surface area (Å²) in [5.74, 6) is 0.143. The summed E-state index contributed by atoms with van der Waals surface area (Å²) in [7, 11) is -3.35. The molecule has 3 rings (SSSR count). The van der Waals surface area contributed by atoms with Gasteiger partial charge in [0, 0.05) is 17.0 Å². The van der Waals surface area contributed by atoms with E-state index in [0.717, 1.165) is 25.7 Å². The molecule has 2 aromatic carbocycles. The Kier molecular flexibility index (Phi) is 9.76. The number of benzene rings is 2. The van der Waals surface area contributed by atoms with E-state index in [1.807, 2.05) is 0 Å². The monoisotopic (exact) mass is 583 g/mol. The minimum atomic E-state index is -3.35. The first-order valence-corrected chi connectivity index (χ1v) is 17.4. The smallest absolute Gasteiger partial charge is 0.192 e. The molecule has 0 amide bonds. The Morgan fingerprint density at radius 1 is 0.659 bits per heavy atom. The van der Waals surface area contributed by atoms with Crippen molar-refractivity contribution in [2.24, 2.45) is 5.92 Å². The van der Waals surface area contributed by atoms with Crippen molar-refractivity contribution in [1.29, 1.82) is 0 Å². The van der Waals surface area contributed by atoms with Gasteiger partial charge in [0.25, 0.3) is 0 Å². The highest BCUT2D eigenvalue weighted by Crippen LogP contribution is 2.82. The first kappa shape index (κ1) is 34.2. The molecule has 1 saturated heterocycles. The van der Waals surface area contributed by atoms with Crippen molar-refractivity contribution in [1.82, 2.24) is 0 Å². The van der Waals surface area contributed by atoms with Gasteiger partial charge in [0.05, 0.1) is 0 Å². The molecule has 1 fully saturated rings. The molecule has 0 radical (unpaired) electrons. The Bertz CT molecular complexity index is 1120. The predicted molar refractivity (Wildman–Crippen MR) is 178 cm³/mol. The van der Waals surface area contributed by atoms with Crippen molar-refractivity contribution in [2.45, 2.75) is 149 Å². The van der Waals surface area contributed by atoms with Crippen LogP contribution in [0.25, 0.3) is 0 Å². The third-order valence-corrected chi connectivity index (χ3v) is 11.7. The highest BCUT2D eigenvalue weighted by atomic mass is 31.2. The molecule has 0 bridgehead atoms. The maximum absolute atomic E-state index is 12.7. The van der Waals surface area contributed by atoms with Gasteiger partial charge in [-0.2, -0.15) is 4.89 Å². The van der Waals surface area contributed by atoms with Crippen LogP contribution < -0.4 is 0 Å². The highest BCUT2D eigenvalue weighted by Gasteiger charge is 2.74. The van der Waals surface area contributed by atoms with Crippen LogP contribution in [0.1, 0.15) is 156 Å². The van der Waals surface area contributed by atoms with Gasteiger partial charge in [0.2, 0.25) is 11.9 Å². The standard InChI is InChI=1S/C37H60O3P/c1-15-17-18-26(16-2)37(41(38)39-25-40-41,29-21-19-27(33(3,4)5)23-31(29)35(9,10)11)30-22-20-28(34(6,7)8)24-32(30)36(12,13)14/h19-24,26,38H,15-18,25H2,1-14H3/q+1. The lowest BCUT2D eigenvalue weighted by atomic mass is 9.66. The Morgan fingerprint density at radius 3 is 1.34 bits per heavy atom. The van der Waals surface area contributed by atoms with Crippen LogP contribution in [-0.4, -0.2) is 11.7 Å². The fraction of sp³-hybridized carbons (Fsp3) is 0.676. The number of unbranched alkanes of at least 4 members (excludes halogenated alkanes) is 1. The lowest BCUT2D eigenvalue weighted by molar-refractivity contribution is -0.0307. The lowest BCUT2D eigenvalue weighted by Crippen LogP contribution is -2.47. The van der Waals surface area contributed by atoms with Crippen LogP contribution in [0, 0.1) is 5.92 Å². The van der Waals surface area contributed by atoms with Crippen LogP contribution in [0.15, 0.2) is 36.4 Å². The molecule has 1 aliphatic rings. The first-order valence-electron chi connectivity index (χ1n) is 15.9. The number of hydrogen-bond donors (Lipinski definition) is 1. The van der Waals surface area contributed by atoms with E-state index in [-0.39, 0.29) is 34.4 Å². The molecule has 0 aromatic heterocycles. The second-order valence-electron chi connectivity index (χ2n) is 16.4. The Labute approximate surface area is 253 Å². The van der Waals surface area contributed by atoms with E-state index in [4.69, 9.17) is 9.05 Å². The molecule has 1 unspecified atom stereocenters. The topological polar surface area (TPSA) is 38.7 Å². The molecule has 0 spiro atoms. The predicted octanol–water partition coefficient (Wildman–Crippen LogP) is 11.1. The van der Waals surface area contributed by atoms with Crippen molar-refractivity contribution in [2.75, 3.05) is 6.79 Å². The zero-order chi connectivity index (χ0) is 31.2. The van der Waals surface area contributed by atoms with Gasteiger partial charge < -0.3 is 0 Å². The van der Waals surface area contributed by atoms with Crippen LogP contribution in [0.5, 0.6) is 0 Å². The maximum Gasteiger partial charge on any atom is 0.429 e. The second-order valence-corrected chi connectivity index (χ2v) is 18.7. The normalized spacial score (nSPS) is 17.3. The summed E-state index contributed by atoms with van der Waals surface area (Å²) in [6.07, 6.45) is 4.12. The zero-order valence-corrected chi connectivity index (χ0v) is 29.7. The summed E-state index contributed by atoms with van der Waals surface area (Å²) in [6, 6.07) is 14.0. The maximum atomic E-state index is 12.7. The molecular formula is C37H60O3P+. The van der Waals surface area contributed by atoms with Crippen LogP contribution in [0.3, 0.4) is 0 Å². The molecule has 3 nitrogen and oxygen atoms in total. The van der Waals surface area contributed by atoms with Gasteiger partial charge in [0.1, 0.15) is 0 Å². The number of rotatable bonds is 8. The molecule has 0 aliphatic carbocycles. The molecule has 230 valence electrons. The van der Waals surface area contributed by atoms with Crippen LogP contribution in [0.4, 0.5) is 0 Å². The van der Waals surface area contributed by atoms with Crippen molar-refractivity contribution < 1.29 is 13.9 Å². The summed E-state index contributed by atoms with van der Waals surface area (Å²) in [6.45, 7) is 32.1. The van der Waals surface area contributed by atoms with Crippen molar-refractivity contribution in [3.63, 3.8) is 0 Å². The van der Waals surface area contributed by atoms with E-state index in [0.29, 0.717) is 0 Å². The van der Waals surface area contributed by atoms with E-state index in [2.05, 4.69) is 133 Å². The minimum Gasteiger partial charge on any atom is -0.192 e. The second kappa shape index (κ2) is 11.7. The van der Waals surface area contributed by atoms with Crippen LogP contribution in [0.2, 0.25) is 0 Å². The van der Waals surface area contributed by atoms with Crippen LogP contribution in [-0.2, 0) is 35.9 Å². The third kappa shape index (κ3) is 6.50. The minimum absolute atomic E-state index is 0.00794. The van der Waals surface area contributed by atoms with Gasteiger partial charge >= 0.3 is 7.94 Å². The van der Waals surface area contributed by atoms with Gasteiger partial charge in [-0.05, 0) is 56.8 Å². The van der Waals surface area contributed by atoms with E-state index >= 15 is 0 Å². The van der Waals surface area contributed by atoms with E-state index in [1.54, 1.807) is 0 Å². The largest absolute Gasteiger partial charge is 0.429 e. The van der Waals surface area contributed by atoms with Crippen molar-refractivity contribution in [3.8, 4) is 0 Å². The first-order chi connectivity index (χ1) is 18.6. The zero-order valence-electron chi connectivity index (χ0n) is 28.8. The Hall–Kier alpha value is -1.25. The molecular weight excluding hydrogens is 523 g/mol. The van der Waals surface area contributed by atoms with Crippen molar-refractivity contribution in [3.05, 3.63) is 69.8 Å². The molecule has 1 N–H and O–H groups in total. The molecule has 0 saturated carbocycles. The molecule has 2 aromatic rings. The van der Waals surface area contributed by atoms with E-state index in [1.165, 1.54) is 33.4 Å². The molecule has 4 heteroatoms. The fourth-order valence-electron chi connectivity index (χ4n) is 6.56. The highest BCUT2D eigenvalue weighted by molar-refractivity contribution is 7.63. The van der Waals surface area contributed by atoms with E-state index in [9.17, 15) is 4.89 Å². The summed E-state index contributed by atoms with van der Waals surface area (Å²) < 4.78 is 12.7. The van der Waals surface area contributed by atoms with Crippen molar-refractivity contribution >= 4 is 7.94 Å². The number of hydrogen-bond acceptors (Lipinski definition) is 3. The summed E-state index contributed by atoms with van der Waals surface area (Å²) >= 11 is 0. The summed E-state index contributed by atoms with van der Waals surface area (Å²) in [4.78, 5) is 12.7. The average molecular weight is 584 g/mol. The van der Waals surface area contributed by atoms with Gasteiger partial charge in [-0.1, -0.05) is 146 Å². The quantitative estimate of drug-likeness (QED) is 0.314. The van der Waals surface area contributed by atoms with Gasteiger partial charge in [-0.3, -0.25) is 0 Å². The van der Waals surface area contributed by atoms with Gasteiger partial charge in [-0.25, -0.2) is 0 Å².